The molecule has 2 heterocycles. The molecular formula is C15H21N5O4. The Morgan fingerprint density at radius 3 is 2.67 bits per heavy atom. The van der Waals surface area contributed by atoms with Gasteiger partial charge in [-0.1, -0.05) is 0 Å². The van der Waals surface area contributed by atoms with E-state index in [1.54, 1.807) is 6.07 Å². The molecule has 0 aromatic rings. The predicted molar refractivity (Wildman–Crippen MR) is 82.2 cm³/mol. The second-order valence-electron chi connectivity index (χ2n) is 5.82. The van der Waals surface area contributed by atoms with Crippen LogP contribution < -0.4 is 10.6 Å². The van der Waals surface area contributed by atoms with Crippen LogP contribution in [0.25, 0.3) is 0 Å². The highest BCUT2D eigenvalue weighted by Gasteiger charge is 2.35. The van der Waals surface area contributed by atoms with Crippen LogP contribution in [0.4, 0.5) is 0 Å². The molecule has 24 heavy (non-hydrogen) atoms. The molecule has 4 amide bonds. The van der Waals surface area contributed by atoms with E-state index >= 15 is 0 Å². The normalized spacial score (nSPS) is 20.0. The number of amides is 4. The lowest BCUT2D eigenvalue weighted by molar-refractivity contribution is -0.142. The quantitative estimate of drug-likeness (QED) is 0.563. The van der Waals surface area contributed by atoms with Crippen LogP contribution in [0.5, 0.6) is 0 Å². The van der Waals surface area contributed by atoms with Crippen molar-refractivity contribution >= 4 is 23.6 Å². The van der Waals surface area contributed by atoms with Gasteiger partial charge in [-0.15, -0.1) is 0 Å². The Kier molecular flexibility index (Phi) is 6.12. The molecular weight excluding hydrogens is 314 g/mol. The molecule has 0 unspecified atom stereocenters. The maximum Gasteiger partial charge on any atom is 0.243 e. The van der Waals surface area contributed by atoms with Gasteiger partial charge >= 0.3 is 0 Å². The van der Waals surface area contributed by atoms with E-state index in [1.165, 1.54) is 9.80 Å². The molecule has 2 saturated heterocycles. The number of nitrogens with zero attached hydrogens (tertiary/aromatic N) is 3. The average molecular weight is 335 g/mol. The first kappa shape index (κ1) is 17.7. The molecule has 0 saturated carbocycles. The maximum absolute atomic E-state index is 12.4. The van der Waals surface area contributed by atoms with Gasteiger partial charge in [0.15, 0.2) is 0 Å². The third-order valence-corrected chi connectivity index (χ3v) is 4.16. The van der Waals surface area contributed by atoms with Crippen LogP contribution in [-0.2, 0) is 19.2 Å². The lowest BCUT2D eigenvalue weighted by Gasteiger charge is -2.26. The number of hydrogen-bond donors (Lipinski definition) is 2. The fourth-order valence-electron chi connectivity index (χ4n) is 2.95. The van der Waals surface area contributed by atoms with Crippen molar-refractivity contribution in [1.82, 2.24) is 20.4 Å². The first-order valence-corrected chi connectivity index (χ1v) is 8.01. The molecule has 0 aliphatic carbocycles. The maximum atomic E-state index is 12.4. The third kappa shape index (κ3) is 4.44. The lowest BCUT2D eigenvalue weighted by atomic mass is 10.2. The van der Waals surface area contributed by atoms with E-state index in [9.17, 15) is 19.2 Å². The number of carbonyl (C=O) groups excluding carboxylic acids is 4. The van der Waals surface area contributed by atoms with Crippen molar-refractivity contribution in [1.29, 1.82) is 5.26 Å². The minimum atomic E-state index is -0.612. The number of nitrogens with one attached hydrogen (secondary N) is 2. The van der Waals surface area contributed by atoms with Crippen molar-refractivity contribution < 1.29 is 19.2 Å². The van der Waals surface area contributed by atoms with Crippen molar-refractivity contribution in [2.75, 3.05) is 32.7 Å². The fourth-order valence-corrected chi connectivity index (χ4v) is 2.95. The number of likely N-dealkylation sites (tertiary alicyclic amines) is 2. The van der Waals surface area contributed by atoms with E-state index in [1.807, 2.05) is 0 Å². The van der Waals surface area contributed by atoms with Gasteiger partial charge in [0.25, 0.3) is 0 Å². The van der Waals surface area contributed by atoms with Crippen LogP contribution in [-0.4, -0.2) is 72.2 Å². The van der Waals surface area contributed by atoms with Crippen LogP contribution in [0.15, 0.2) is 0 Å². The van der Waals surface area contributed by atoms with Crippen molar-refractivity contribution in [3.8, 4) is 6.07 Å². The summed E-state index contributed by atoms with van der Waals surface area (Å²) in [5.41, 5.74) is 0. The Balaban J connectivity index is 1.84. The molecule has 2 fully saturated rings. The van der Waals surface area contributed by atoms with Crippen LogP contribution >= 0.6 is 0 Å². The summed E-state index contributed by atoms with van der Waals surface area (Å²) in [7, 11) is 0. The Bertz CT molecular complexity index is 571. The van der Waals surface area contributed by atoms with Gasteiger partial charge in [0, 0.05) is 19.5 Å². The van der Waals surface area contributed by atoms with Crippen LogP contribution in [0.3, 0.4) is 0 Å². The summed E-state index contributed by atoms with van der Waals surface area (Å²) in [5.74, 6) is -1.11. The first-order valence-electron chi connectivity index (χ1n) is 8.01. The van der Waals surface area contributed by atoms with Crippen LogP contribution in [0, 0.1) is 11.3 Å². The van der Waals surface area contributed by atoms with Crippen molar-refractivity contribution in [2.24, 2.45) is 0 Å². The molecule has 130 valence electrons. The summed E-state index contributed by atoms with van der Waals surface area (Å²) in [4.78, 5) is 50.6. The molecule has 0 spiro atoms. The highest BCUT2D eigenvalue weighted by atomic mass is 16.2. The summed E-state index contributed by atoms with van der Waals surface area (Å²) in [6, 6.07) is 1.16. The Labute approximate surface area is 139 Å². The van der Waals surface area contributed by atoms with E-state index in [2.05, 4.69) is 10.6 Å². The monoisotopic (exact) mass is 335 g/mol. The summed E-state index contributed by atoms with van der Waals surface area (Å²) in [6.45, 7) is 0.704. The van der Waals surface area contributed by atoms with Gasteiger partial charge in [0.1, 0.15) is 12.6 Å². The van der Waals surface area contributed by atoms with Gasteiger partial charge in [-0.3, -0.25) is 19.2 Å². The zero-order valence-corrected chi connectivity index (χ0v) is 13.4. The fraction of sp³-hybridized carbons (Fsp3) is 0.667. The Morgan fingerprint density at radius 2 is 2.00 bits per heavy atom. The summed E-state index contributed by atoms with van der Waals surface area (Å²) < 4.78 is 0. The van der Waals surface area contributed by atoms with E-state index in [0.29, 0.717) is 32.4 Å². The predicted octanol–water partition coefficient (Wildman–Crippen LogP) is -1.64. The molecule has 9 nitrogen and oxygen atoms in total. The Morgan fingerprint density at radius 1 is 1.21 bits per heavy atom. The third-order valence-electron chi connectivity index (χ3n) is 4.16. The lowest BCUT2D eigenvalue weighted by Crippen LogP contribution is -2.50. The first-order chi connectivity index (χ1) is 11.5. The molecule has 0 aromatic carbocycles. The highest BCUT2D eigenvalue weighted by molar-refractivity contribution is 5.92. The van der Waals surface area contributed by atoms with Crippen LogP contribution in [0.2, 0.25) is 0 Å². The highest BCUT2D eigenvalue weighted by Crippen LogP contribution is 2.19. The van der Waals surface area contributed by atoms with E-state index in [-0.39, 0.29) is 37.4 Å². The molecule has 2 aliphatic heterocycles. The largest absolute Gasteiger partial charge is 0.345 e. The SMILES string of the molecule is N#CCNC(=O)CNC(=O)[C@@H]1CCCN1C(=O)CN1CCCC1=O. The molecule has 0 radical (unpaired) electrons. The molecule has 2 aliphatic rings. The second-order valence-corrected chi connectivity index (χ2v) is 5.82. The van der Waals surface area contributed by atoms with Gasteiger partial charge in [-0.2, -0.15) is 5.26 Å². The molecule has 9 heteroatoms. The number of rotatable bonds is 6. The summed E-state index contributed by atoms with van der Waals surface area (Å²) >= 11 is 0. The molecule has 0 bridgehead atoms. The van der Waals surface area contributed by atoms with Gasteiger partial charge in [0.2, 0.25) is 23.6 Å². The molecule has 1 atom stereocenters. The van der Waals surface area contributed by atoms with Gasteiger partial charge in [-0.05, 0) is 19.3 Å². The number of carbonyl (C=O) groups is 4. The van der Waals surface area contributed by atoms with Crippen molar-refractivity contribution in [3.63, 3.8) is 0 Å². The average Bonchev–Trinajstić information content (AvgIpc) is 3.20. The van der Waals surface area contributed by atoms with Gasteiger partial charge < -0.3 is 20.4 Å². The van der Waals surface area contributed by atoms with Gasteiger partial charge in [-0.25, -0.2) is 0 Å². The minimum absolute atomic E-state index is 0.00523. The zero-order valence-electron chi connectivity index (χ0n) is 13.4. The zero-order chi connectivity index (χ0) is 17.5. The topological polar surface area (TPSA) is 123 Å². The summed E-state index contributed by atoms with van der Waals surface area (Å²) in [5, 5.41) is 13.2. The number of nitriles is 1. The van der Waals surface area contributed by atoms with Crippen molar-refractivity contribution in [2.45, 2.75) is 31.7 Å². The standard InChI is InChI=1S/C15H21N5O4/c16-5-6-17-12(21)9-18-15(24)11-3-1-8-20(11)14(23)10-19-7-2-4-13(19)22/h11H,1-4,6-10H2,(H,17,21)(H,18,24)/t11-/m0/s1. The second kappa shape index (κ2) is 8.29. The number of hydrogen-bond acceptors (Lipinski definition) is 5. The molecule has 0 aromatic heterocycles. The van der Waals surface area contributed by atoms with Crippen LogP contribution in [0.1, 0.15) is 25.7 Å². The Hall–Kier alpha value is -2.63. The minimum Gasteiger partial charge on any atom is -0.345 e. The van der Waals surface area contributed by atoms with E-state index in [4.69, 9.17) is 5.26 Å². The molecule has 2 N–H and O–H groups in total. The van der Waals surface area contributed by atoms with E-state index < -0.39 is 11.9 Å². The van der Waals surface area contributed by atoms with Crippen molar-refractivity contribution in [3.05, 3.63) is 0 Å². The van der Waals surface area contributed by atoms with Gasteiger partial charge in [0.05, 0.1) is 19.2 Å². The smallest absolute Gasteiger partial charge is 0.243 e. The van der Waals surface area contributed by atoms with E-state index in [0.717, 1.165) is 6.42 Å². The summed E-state index contributed by atoms with van der Waals surface area (Å²) in [6.07, 6.45) is 2.46. The molecule has 2 rings (SSSR count).